The number of pyridine rings is 1. The van der Waals surface area contributed by atoms with Gasteiger partial charge in [-0.3, -0.25) is 24.7 Å². The lowest BCUT2D eigenvalue weighted by molar-refractivity contribution is -0.120. The fourth-order valence-corrected chi connectivity index (χ4v) is 7.00. The van der Waals surface area contributed by atoms with Gasteiger partial charge in [-0.2, -0.15) is 15.5 Å². The summed E-state index contributed by atoms with van der Waals surface area (Å²) >= 11 is 6.13. The molecular weight excluding hydrogens is 648 g/mol. The van der Waals surface area contributed by atoms with Crippen LogP contribution in [0.1, 0.15) is 72.7 Å². The highest BCUT2D eigenvalue weighted by Gasteiger charge is 2.29. The first-order valence-corrected chi connectivity index (χ1v) is 16.9. The van der Waals surface area contributed by atoms with Crippen molar-refractivity contribution < 1.29 is 19.1 Å². The monoisotopic (exact) mass is 682 g/mol. The summed E-state index contributed by atoms with van der Waals surface area (Å²) in [7, 11) is 0. The number of carbonyl (C=O) groups excluding carboxylic acids is 3. The summed E-state index contributed by atoms with van der Waals surface area (Å²) in [6.45, 7) is 2.60. The number of anilines is 1. The number of amides is 4. The van der Waals surface area contributed by atoms with Gasteiger partial charge in [-0.25, -0.2) is 14.5 Å². The minimum absolute atomic E-state index is 0.0212. The third-order valence-electron chi connectivity index (χ3n) is 9.43. The van der Waals surface area contributed by atoms with Crippen molar-refractivity contribution in [1.29, 1.82) is 5.26 Å². The third kappa shape index (κ3) is 7.18. The Kier molecular flexibility index (Phi) is 9.36. The van der Waals surface area contributed by atoms with E-state index in [1.54, 1.807) is 47.6 Å². The second kappa shape index (κ2) is 14.2. The zero-order chi connectivity index (χ0) is 33.9. The smallest absolute Gasteiger partial charge is 0.328 e. The van der Waals surface area contributed by atoms with E-state index in [-0.39, 0.29) is 36.4 Å². The fourth-order valence-electron chi connectivity index (χ4n) is 6.78. The summed E-state index contributed by atoms with van der Waals surface area (Å²) in [6, 6.07) is 12.2. The standard InChI is InChI=1S/C34H35ClN10O4/c35-28-17-26(5-1-21(28)18-36)49-25-6-2-22(3-7-25)39-33(47)29-8-4-23(41-42-29)20-43-14-10-24(11-15-43)45-32-27(19-38-45)30(9-13-37-32)44-16-12-31(46)40-34(44)48/h1,4-5,8-9,13,17,19,22,24-25H,2-3,6-7,10-12,14-16,20H2,(H,39,47)(H,40,46,48). The van der Waals surface area contributed by atoms with E-state index in [0.717, 1.165) is 68.3 Å². The van der Waals surface area contributed by atoms with E-state index in [4.69, 9.17) is 21.6 Å². The van der Waals surface area contributed by atoms with Crippen LogP contribution < -0.4 is 20.3 Å². The van der Waals surface area contributed by atoms with Gasteiger partial charge in [-0.1, -0.05) is 11.6 Å². The average Bonchev–Trinajstić information content (AvgIpc) is 3.55. The highest BCUT2D eigenvalue weighted by Crippen LogP contribution is 2.31. The first kappa shape index (κ1) is 32.4. The second-order valence-corrected chi connectivity index (χ2v) is 13.1. The molecule has 4 amide bonds. The van der Waals surface area contributed by atoms with Gasteiger partial charge in [0.2, 0.25) is 5.91 Å². The van der Waals surface area contributed by atoms with E-state index in [9.17, 15) is 14.4 Å². The van der Waals surface area contributed by atoms with Gasteiger partial charge in [0.05, 0.1) is 45.7 Å². The van der Waals surface area contributed by atoms with E-state index < -0.39 is 6.03 Å². The van der Waals surface area contributed by atoms with Gasteiger partial charge in [-0.05, 0) is 68.9 Å². The fraction of sp³-hybridized carbons (Fsp3) is 0.412. The van der Waals surface area contributed by atoms with E-state index in [2.05, 4.69) is 35.8 Å². The number of nitriles is 1. The number of ether oxygens (including phenoxy) is 1. The number of rotatable bonds is 8. The number of imide groups is 1. The second-order valence-electron chi connectivity index (χ2n) is 12.6. The molecule has 2 N–H and O–H groups in total. The van der Waals surface area contributed by atoms with Crippen molar-refractivity contribution in [3.05, 3.63) is 70.8 Å². The van der Waals surface area contributed by atoms with Crippen molar-refractivity contribution >= 4 is 46.2 Å². The molecule has 7 rings (SSSR count). The molecule has 1 aliphatic carbocycles. The third-order valence-corrected chi connectivity index (χ3v) is 9.75. The number of hydrogen-bond donors (Lipinski definition) is 2. The maximum Gasteiger partial charge on any atom is 0.328 e. The van der Waals surface area contributed by atoms with Gasteiger partial charge < -0.3 is 10.1 Å². The molecule has 0 atom stereocenters. The Morgan fingerprint density at radius 3 is 2.57 bits per heavy atom. The first-order chi connectivity index (χ1) is 23.8. The Morgan fingerprint density at radius 2 is 1.86 bits per heavy atom. The summed E-state index contributed by atoms with van der Waals surface area (Å²) in [5.74, 6) is 0.133. The lowest BCUT2D eigenvalue weighted by Gasteiger charge is -2.32. The van der Waals surface area contributed by atoms with Gasteiger partial charge in [0, 0.05) is 50.9 Å². The quantitative estimate of drug-likeness (QED) is 0.275. The topological polar surface area (TPSA) is 171 Å². The number of benzene rings is 1. The van der Waals surface area contributed by atoms with Crippen LogP contribution in [0.4, 0.5) is 10.5 Å². The van der Waals surface area contributed by atoms with Gasteiger partial charge in [0.1, 0.15) is 11.8 Å². The SMILES string of the molecule is N#Cc1ccc(OC2CCC(NC(=O)c3ccc(CN4CCC(n5ncc6c(N7CCC(=O)NC7=O)ccnc65)CC4)nn3)CC2)cc1Cl. The number of halogens is 1. The molecular formula is C34H35ClN10O4. The highest BCUT2D eigenvalue weighted by atomic mass is 35.5. The Hall–Kier alpha value is -5.13. The largest absolute Gasteiger partial charge is 0.490 e. The number of fused-ring (bicyclic) bond motifs is 1. The molecule has 14 nitrogen and oxygen atoms in total. The molecule has 2 saturated heterocycles. The molecule has 5 heterocycles. The molecule has 3 aromatic heterocycles. The predicted molar refractivity (Wildman–Crippen MR) is 179 cm³/mol. The van der Waals surface area contributed by atoms with Gasteiger partial charge in [0.25, 0.3) is 5.91 Å². The Bertz CT molecular complexity index is 1910. The number of piperidine rings is 1. The summed E-state index contributed by atoms with van der Waals surface area (Å²) < 4.78 is 8.01. The highest BCUT2D eigenvalue weighted by molar-refractivity contribution is 6.31. The van der Waals surface area contributed by atoms with Crippen LogP contribution >= 0.6 is 11.6 Å². The summed E-state index contributed by atoms with van der Waals surface area (Å²) in [6.07, 6.45) is 8.57. The predicted octanol–water partition coefficient (Wildman–Crippen LogP) is 4.15. The van der Waals surface area contributed by atoms with E-state index in [0.29, 0.717) is 40.8 Å². The number of carbonyl (C=O) groups is 3. The number of nitrogens with one attached hydrogen (secondary N) is 2. The molecule has 4 aromatic rings. The molecule has 0 bridgehead atoms. The molecule has 49 heavy (non-hydrogen) atoms. The number of urea groups is 1. The van der Waals surface area contributed by atoms with Crippen LogP contribution in [0.15, 0.2) is 48.8 Å². The lowest BCUT2D eigenvalue weighted by Crippen LogP contribution is -2.49. The molecule has 1 saturated carbocycles. The zero-order valence-electron chi connectivity index (χ0n) is 26.7. The first-order valence-electron chi connectivity index (χ1n) is 16.5. The molecule has 1 aromatic carbocycles. The Morgan fingerprint density at radius 1 is 1.04 bits per heavy atom. The molecule has 0 spiro atoms. The summed E-state index contributed by atoms with van der Waals surface area (Å²) in [4.78, 5) is 45.4. The van der Waals surface area contributed by atoms with Crippen molar-refractivity contribution in [3.63, 3.8) is 0 Å². The molecule has 2 aliphatic heterocycles. The zero-order valence-corrected chi connectivity index (χ0v) is 27.5. The number of nitrogens with zero attached hydrogens (tertiary/aromatic N) is 8. The molecule has 3 aliphatic rings. The number of aromatic nitrogens is 5. The van der Waals surface area contributed by atoms with Crippen molar-refractivity contribution in [3.8, 4) is 11.8 Å². The van der Waals surface area contributed by atoms with Crippen LogP contribution in [-0.4, -0.2) is 79.5 Å². The van der Waals surface area contributed by atoms with E-state index >= 15 is 0 Å². The van der Waals surface area contributed by atoms with E-state index in [1.165, 1.54) is 0 Å². The number of likely N-dealkylation sites (tertiary alicyclic amines) is 1. The van der Waals surface area contributed by atoms with Crippen molar-refractivity contribution in [2.45, 2.75) is 69.7 Å². The number of hydrogen-bond acceptors (Lipinski definition) is 10. The lowest BCUT2D eigenvalue weighted by atomic mass is 9.93. The summed E-state index contributed by atoms with van der Waals surface area (Å²) in [5, 5.41) is 28.9. The molecule has 15 heteroatoms. The van der Waals surface area contributed by atoms with Crippen LogP contribution in [0.3, 0.4) is 0 Å². The van der Waals surface area contributed by atoms with Crippen molar-refractivity contribution in [2.75, 3.05) is 24.5 Å². The molecule has 0 unspecified atom stereocenters. The Balaban J connectivity index is 0.875. The Labute approximate surface area is 287 Å². The van der Waals surface area contributed by atoms with Crippen LogP contribution in [0.5, 0.6) is 5.75 Å². The molecule has 0 radical (unpaired) electrons. The van der Waals surface area contributed by atoms with Crippen molar-refractivity contribution in [1.82, 2.24) is 40.5 Å². The van der Waals surface area contributed by atoms with Gasteiger partial charge in [0.15, 0.2) is 11.3 Å². The minimum atomic E-state index is -0.431. The summed E-state index contributed by atoms with van der Waals surface area (Å²) in [5.41, 5.74) is 2.91. The van der Waals surface area contributed by atoms with Gasteiger partial charge >= 0.3 is 6.03 Å². The molecule has 252 valence electrons. The minimum Gasteiger partial charge on any atom is -0.490 e. The van der Waals surface area contributed by atoms with Crippen LogP contribution in [0.2, 0.25) is 5.02 Å². The normalized spacial score (nSPS) is 20.5. The maximum absolute atomic E-state index is 12.9. The van der Waals surface area contributed by atoms with E-state index in [1.807, 2.05) is 16.8 Å². The van der Waals surface area contributed by atoms with Crippen LogP contribution in [0.25, 0.3) is 11.0 Å². The van der Waals surface area contributed by atoms with Crippen LogP contribution in [-0.2, 0) is 11.3 Å². The van der Waals surface area contributed by atoms with Gasteiger partial charge in [-0.15, -0.1) is 5.10 Å². The van der Waals surface area contributed by atoms with Crippen molar-refractivity contribution in [2.24, 2.45) is 0 Å². The van der Waals surface area contributed by atoms with Crippen LogP contribution in [0, 0.1) is 11.3 Å². The average molecular weight is 683 g/mol. The maximum atomic E-state index is 12.9. The molecule has 3 fully saturated rings.